The Morgan fingerprint density at radius 1 is 1.22 bits per heavy atom. The van der Waals surface area contributed by atoms with Crippen LogP contribution in [0.25, 0.3) is 20.8 Å². The van der Waals surface area contributed by atoms with Crippen molar-refractivity contribution in [1.29, 1.82) is 0 Å². The zero-order valence-electron chi connectivity index (χ0n) is 18.2. The highest BCUT2D eigenvalue weighted by atomic mass is 127. The van der Waals surface area contributed by atoms with Crippen molar-refractivity contribution >= 4 is 63.8 Å². The minimum Gasteiger partial charge on any atom is -0.491 e. The zero-order chi connectivity index (χ0) is 23.3. The lowest BCUT2D eigenvalue weighted by atomic mass is 10.2. The van der Waals surface area contributed by atoms with Crippen molar-refractivity contribution in [3.05, 3.63) is 42.5 Å². The summed E-state index contributed by atoms with van der Waals surface area (Å²) in [6.07, 6.45) is -1.09. The summed E-state index contributed by atoms with van der Waals surface area (Å²) in [5.74, 6) is 0.670. The molecule has 1 heterocycles. The SMILES string of the molecule is CN(C(=O)OC(C)(C)C)c1ccc(-c2nc3ccc(OCC(O)COSI)cc3s2)cc1. The van der Waals surface area contributed by atoms with E-state index in [1.807, 2.05) is 84.4 Å². The number of aliphatic hydroxyl groups excluding tert-OH is 1. The van der Waals surface area contributed by atoms with Crippen molar-refractivity contribution in [2.24, 2.45) is 0 Å². The van der Waals surface area contributed by atoms with Gasteiger partial charge in [-0.1, -0.05) is 0 Å². The summed E-state index contributed by atoms with van der Waals surface area (Å²) in [5.41, 5.74) is 2.02. The molecule has 0 radical (unpaired) electrons. The lowest BCUT2D eigenvalue weighted by molar-refractivity contribution is 0.0589. The molecular formula is C22H25IN2O5S2. The summed E-state index contributed by atoms with van der Waals surface area (Å²) in [6, 6.07) is 13.3. The number of carbonyl (C=O) groups excluding carboxylic acids is 1. The van der Waals surface area contributed by atoms with Crippen molar-refractivity contribution in [2.75, 3.05) is 25.2 Å². The number of carbonyl (C=O) groups is 1. The molecule has 7 nitrogen and oxygen atoms in total. The Kier molecular flexibility index (Phi) is 8.62. The molecule has 0 bridgehead atoms. The van der Waals surface area contributed by atoms with Gasteiger partial charge in [-0.25, -0.2) is 9.78 Å². The van der Waals surface area contributed by atoms with Gasteiger partial charge in [-0.2, -0.15) is 0 Å². The zero-order valence-corrected chi connectivity index (χ0v) is 22.0. The van der Waals surface area contributed by atoms with E-state index >= 15 is 0 Å². The van der Waals surface area contributed by atoms with E-state index in [4.69, 9.17) is 18.6 Å². The van der Waals surface area contributed by atoms with Crippen LogP contribution in [-0.2, 0) is 8.92 Å². The van der Waals surface area contributed by atoms with Gasteiger partial charge in [0.1, 0.15) is 29.1 Å². The van der Waals surface area contributed by atoms with Crippen LogP contribution < -0.4 is 9.64 Å². The number of hydrogen-bond donors (Lipinski definition) is 1. The maximum absolute atomic E-state index is 12.3. The van der Waals surface area contributed by atoms with E-state index in [2.05, 4.69) is 0 Å². The summed E-state index contributed by atoms with van der Waals surface area (Å²) >= 11 is 3.56. The van der Waals surface area contributed by atoms with Gasteiger partial charge in [0, 0.05) is 39.5 Å². The highest BCUT2D eigenvalue weighted by molar-refractivity contribution is 14.2. The number of aromatic nitrogens is 1. The van der Waals surface area contributed by atoms with Gasteiger partial charge in [0.05, 0.1) is 26.0 Å². The number of rotatable bonds is 8. The van der Waals surface area contributed by atoms with Crippen molar-refractivity contribution in [1.82, 2.24) is 4.98 Å². The standard InChI is InChI=1S/C22H25IN2O5S2/c1-22(2,3)30-21(27)25(4)15-7-5-14(6-8-15)20-24-18-10-9-17(11-19(18)31-20)28-12-16(26)13-29-32-23/h5-11,16,26H,12-13H2,1-4H3. The molecule has 1 aromatic heterocycles. The fourth-order valence-corrected chi connectivity index (χ4v) is 4.37. The second kappa shape index (κ2) is 11.0. The smallest absolute Gasteiger partial charge is 0.414 e. The summed E-state index contributed by atoms with van der Waals surface area (Å²) in [5, 5.41) is 10.7. The third-order valence-electron chi connectivity index (χ3n) is 4.28. The molecule has 0 fully saturated rings. The largest absolute Gasteiger partial charge is 0.491 e. The summed E-state index contributed by atoms with van der Waals surface area (Å²) in [4.78, 5) is 18.5. The van der Waals surface area contributed by atoms with E-state index in [1.54, 1.807) is 18.4 Å². The number of nitrogens with zero attached hydrogens (tertiary/aromatic N) is 2. The van der Waals surface area contributed by atoms with Gasteiger partial charge in [-0.3, -0.25) is 4.90 Å². The van der Waals surface area contributed by atoms with Gasteiger partial charge in [0.15, 0.2) is 0 Å². The molecule has 172 valence electrons. The van der Waals surface area contributed by atoms with E-state index in [0.717, 1.165) is 26.5 Å². The summed E-state index contributed by atoms with van der Waals surface area (Å²) < 4.78 is 17.2. The topological polar surface area (TPSA) is 81.1 Å². The summed E-state index contributed by atoms with van der Waals surface area (Å²) in [7, 11) is 2.87. The van der Waals surface area contributed by atoms with Gasteiger partial charge < -0.3 is 18.8 Å². The van der Waals surface area contributed by atoms with Crippen molar-refractivity contribution in [3.8, 4) is 16.3 Å². The van der Waals surface area contributed by atoms with Gasteiger partial charge in [-0.15, -0.1) is 11.3 Å². The molecule has 1 atom stereocenters. The molecule has 3 rings (SSSR count). The first kappa shape index (κ1) is 25.0. The number of thiazole rings is 1. The van der Waals surface area contributed by atoms with Crippen molar-refractivity contribution < 1.29 is 23.6 Å². The molecular weight excluding hydrogens is 563 g/mol. The number of benzene rings is 2. The van der Waals surface area contributed by atoms with Crippen LogP contribution in [-0.4, -0.2) is 48.2 Å². The molecule has 1 N–H and O–H groups in total. The first-order valence-corrected chi connectivity index (χ1v) is 13.9. The number of aliphatic hydroxyl groups is 1. The monoisotopic (exact) mass is 588 g/mol. The van der Waals surface area contributed by atoms with Gasteiger partial charge >= 0.3 is 6.09 Å². The van der Waals surface area contributed by atoms with Crippen LogP contribution in [0.15, 0.2) is 42.5 Å². The fourth-order valence-electron chi connectivity index (χ4n) is 2.73. The molecule has 10 heteroatoms. The second-order valence-electron chi connectivity index (χ2n) is 8.05. The number of hydrogen-bond acceptors (Lipinski definition) is 8. The van der Waals surface area contributed by atoms with Crippen LogP contribution in [0.4, 0.5) is 10.5 Å². The Balaban J connectivity index is 1.69. The second-order valence-corrected chi connectivity index (χ2v) is 10.5. The highest BCUT2D eigenvalue weighted by Crippen LogP contribution is 2.33. The van der Waals surface area contributed by atoms with Crippen LogP contribution in [0.1, 0.15) is 20.8 Å². The van der Waals surface area contributed by atoms with Crippen LogP contribution >= 0.6 is 41.8 Å². The molecule has 0 aliphatic heterocycles. The van der Waals surface area contributed by atoms with E-state index in [1.165, 1.54) is 14.1 Å². The van der Waals surface area contributed by atoms with Crippen molar-refractivity contribution in [2.45, 2.75) is 32.5 Å². The van der Waals surface area contributed by atoms with Crippen molar-refractivity contribution in [3.63, 3.8) is 0 Å². The van der Waals surface area contributed by atoms with E-state index in [0.29, 0.717) is 5.75 Å². The average Bonchev–Trinajstić information content (AvgIpc) is 3.18. The average molecular weight is 588 g/mol. The molecule has 0 saturated carbocycles. The molecule has 2 aromatic carbocycles. The Bertz CT molecular complexity index is 1050. The minimum absolute atomic E-state index is 0.154. The van der Waals surface area contributed by atoms with Crippen LogP contribution in [0.5, 0.6) is 5.75 Å². The lowest BCUT2D eigenvalue weighted by Gasteiger charge is -2.24. The molecule has 32 heavy (non-hydrogen) atoms. The number of halogens is 1. The number of ether oxygens (including phenoxy) is 2. The van der Waals surface area contributed by atoms with Gasteiger partial charge in [0.25, 0.3) is 0 Å². The first-order chi connectivity index (χ1) is 15.2. The van der Waals surface area contributed by atoms with E-state index < -0.39 is 17.8 Å². The Morgan fingerprint density at radius 2 is 1.94 bits per heavy atom. The molecule has 3 aromatic rings. The van der Waals surface area contributed by atoms with E-state index in [9.17, 15) is 9.90 Å². The molecule has 1 amide bonds. The normalized spacial score (nSPS) is 12.6. The quantitative estimate of drug-likeness (QED) is 0.252. The van der Waals surface area contributed by atoms with Gasteiger partial charge in [-0.05, 0) is 63.2 Å². The highest BCUT2D eigenvalue weighted by Gasteiger charge is 2.20. The predicted molar refractivity (Wildman–Crippen MR) is 139 cm³/mol. The predicted octanol–water partition coefficient (Wildman–Crippen LogP) is 6.09. The summed E-state index contributed by atoms with van der Waals surface area (Å²) in [6.45, 7) is 5.88. The number of amides is 1. The number of fused-ring (bicyclic) bond motifs is 1. The third kappa shape index (κ3) is 6.95. The third-order valence-corrected chi connectivity index (χ3v) is 6.33. The van der Waals surface area contributed by atoms with Gasteiger partial charge in [0.2, 0.25) is 0 Å². The molecule has 0 spiro atoms. The Labute approximate surface area is 207 Å². The maximum Gasteiger partial charge on any atom is 0.414 e. The molecule has 0 saturated heterocycles. The van der Waals surface area contributed by atoms with Crippen LogP contribution in [0.3, 0.4) is 0 Å². The number of anilines is 1. The Morgan fingerprint density at radius 3 is 2.59 bits per heavy atom. The van der Waals surface area contributed by atoms with Crippen LogP contribution in [0, 0.1) is 0 Å². The van der Waals surface area contributed by atoms with Crippen LogP contribution in [0.2, 0.25) is 0 Å². The lowest BCUT2D eigenvalue weighted by Crippen LogP contribution is -2.34. The molecule has 1 unspecified atom stereocenters. The molecule has 0 aliphatic rings. The maximum atomic E-state index is 12.3. The minimum atomic E-state index is -0.692. The Hall–Kier alpha value is -1.60. The fraction of sp³-hybridized carbons (Fsp3) is 0.364. The molecule has 0 aliphatic carbocycles. The van der Waals surface area contributed by atoms with E-state index in [-0.39, 0.29) is 13.2 Å². The first-order valence-electron chi connectivity index (χ1n) is 9.85.